The Bertz CT molecular complexity index is 707. The van der Waals surface area contributed by atoms with Gasteiger partial charge in [-0.1, -0.05) is 145 Å². The molecule has 0 heterocycles. The minimum atomic E-state index is -0.662. The summed E-state index contributed by atoms with van der Waals surface area (Å²) in [6, 6.07) is -0.541. The Morgan fingerprint density at radius 3 is 1.61 bits per heavy atom. The molecule has 0 aliphatic heterocycles. The van der Waals surface area contributed by atoms with E-state index >= 15 is 0 Å². The molecule has 0 aliphatic carbocycles. The van der Waals surface area contributed by atoms with Crippen molar-refractivity contribution in [2.24, 2.45) is 0 Å². The summed E-state index contributed by atoms with van der Waals surface area (Å²) in [6.07, 6.45) is 44.3. The van der Waals surface area contributed by atoms with Crippen molar-refractivity contribution in [3.05, 3.63) is 60.8 Å². The van der Waals surface area contributed by atoms with E-state index in [4.69, 9.17) is 0 Å². The second kappa shape index (κ2) is 32.6. The van der Waals surface area contributed by atoms with Crippen molar-refractivity contribution in [3.63, 3.8) is 0 Å². The van der Waals surface area contributed by atoms with E-state index in [1.807, 2.05) is 0 Å². The van der Waals surface area contributed by atoms with Gasteiger partial charge in [-0.2, -0.15) is 0 Å². The van der Waals surface area contributed by atoms with Gasteiger partial charge in [0.05, 0.1) is 18.8 Å². The third-order valence-electron chi connectivity index (χ3n) is 7.29. The average molecular weight is 572 g/mol. The number of carbonyl (C=O) groups is 1. The summed E-state index contributed by atoms with van der Waals surface area (Å²) in [5.74, 6) is -0.0527. The van der Waals surface area contributed by atoms with Crippen molar-refractivity contribution in [3.8, 4) is 0 Å². The average Bonchev–Trinajstić information content (AvgIpc) is 2.97. The van der Waals surface area contributed by atoms with E-state index in [1.54, 1.807) is 0 Å². The van der Waals surface area contributed by atoms with Gasteiger partial charge in [0.25, 0.3) is 0 Å². The van der Waals surface area contributed by atoms with E-state index in [0.29, 0.717) is 12.8 Å². The number of carbonyl (C=O) groups excluding carboxylic acids is 1. The van der Waals surface area contributed by atoms with E-state index in [1.165, 1.54) is 57.8 Å². The molecule has 0 spiro atoms. The molecule has 41 heavy (non-hydrogen) atoms. The summed E-state index contributed by atoms with van der Waals surface area (Å²) in [4.78, 5) is 12.2. The molecule has 0 aliphatic rings. The number of aliphatic hydroxyl groups excluding tert-OH is 2. The first-order chi connectivity index (χ1) is 20.2. The maximum absolute atomic E-state index is 12.2. The van der Waals surface area contributed by atoms with E-state index in [2.05, 4.69) is 79.9 Å². The fraction of sp³-hybridized carbons (Fsp3) is 0.703. The molecule has 2 unspecified atom stereocenters. The number of unbranched alkanes of at least 4 members (excludes halogenated alkanes) is 12. The van der Waals surface area contributed by atoms with Gasteiger partial charge in [-0.05, 0) is 57.8 Å². The summed E-state index contributed by atoms with van der Waals surface area (Å²) < 4.78 is 0. The Kier molecular flexibility index (Phi) is 31.1. The fourth-order valence-corrected chi connectivity index (χ4v) is 4.68. The quantitative estimate of drug-likeness (QED) is 0.0618. The van der Waals surface area contributed by atoms with Crippen molar-refractivity contribution in [1.82, 2.24) is 5.32 Å². The van der Waals surface area contributed by atoms with Gasteiger partial charge in [-0.3, -0.25) is 4.79 Å². The minimum Gasteiger partial charge on any atom is -0.394 e. The van der Waals surface area contributed by atoms with Crippen LogP contribution in [-0.2, 0) is 4.79 Å². The molecule has 4 nitrogen and oxygen atoms in total. The lowest BCUT2D eigenvalue weighted by molar-refractivity contribution is -0.123. The second-order valence-corrected chi connectivity index (χ2v) is 11.2. The van der Waals surface area contributed by atoms with Crippen LogP contribution >= 0.6 is 0 Å². The number of allylic oxidation sites excluding steroid dienone is 10. The minimum absolute atomic E-state index is 0.0527. The largest absolute Gasteiger partial charge is 0.394 e. The monoisotopic (exact) mass is 571 g/mol. The zero-order valence-corrected chi connectivity index (χ0v) is 26.8. The zero-order valence-electron chi connectivity index (χ0n) is 26.8. The van der Waals surface area contributed by atoms with Gasteiger partial charge in [0.1, 0.15) is 0 Å². The van der Waals surface area contributed by atoms with Crippen LogP contribution in [0.25, 0.3) is 0 Å². The van der Waals surface area contributed by atoms with Gasteiger partial charge < -0.3 is 15.5 Å². The van der Waals surface area contributed by atoms with Crippen molar-refractivity contribution >= 4 is 5.91 Å². The topological polar surface area (TPSA) is 69.6 Å². The Hall–Kier alpha value is -1.91. The van der Waals surface area contributed by atoms with Crippen LogP contribution < -0.4 is 5.32 Å². The predicted octanol–water partition coefficient (Wildman–Crippen LogP) is 9.84. The highest BCUT2D eigenvalue weighted by atomic mass is 16.3. The maximum atomic E-state index is 12.2. The molecule has 0 saturated carbocycles. The van der Waals surface area contributed by atoms with Crippen LogP contribution in [0.5, 0.6) is 0 Å². The first kappa shape index (κ1) is 39.1. The van der Waals surface area contributed by atoms with E-state index < -0.39 is 12.1 Å². The highest BCUT2D eigenvalue weighted by molar-refractivity contribution is 5.76. The highest BCUT2D eigenvalue weighted by Gasteiger charge is 2.19. The van der Waals surface area contributed by atoms with Crippen LogP contribution in [-0.4, -0.2) is 34.9 Å². The zero-order chi connectivity index (χ0) is 30.1. The van der Waals surface area contributed by atoms with Crippen LogP contribution in [0.3, 0.4) is 0 Å². The number of aliphatic hydroxyl groups is 2. The lowest BCUT2D eigenvalue weighted by atomic mass is 10.0. The van der Waals surface area contributed by atoms with Crippen molar-refractivity contribution in [2.45, 2.75) is 161 Å². The molecular weight excluding hydrogens is 506 g/mol. The lowest BCUT2D eigenvalue weighted by Crippen LogP contribution is -2.45. The number of rotatable bonds is 29. The summed E-state index contributed by atoms with van der Waals surface area (Å²) in [6.45, 7) is 4.16. The molecule has 0 aromatic rings. The number of amides is 1. The van der Waals surface area contributed by atoms with Gasteiger partial charge in [0, 0.05) is 6.42 Å². The normalized spacial score (nSPS) is 14.0. The fourth-order valence-electron chi connectivity index (χ4n) is 4.68. The van der Waals surface area contributed by atoms with Gasteiger partial charge in [-0.15, -0.1) is 0 Å². The molecule has 2 atom stereocenters. The Balaban J connectivity index is 3.60. The number of nitrogens with one attached hydrogen (secondary N) is 1. The molecule has 236 valence electrons. The maximum Gasteiger partial charge on any atom is 0.220 e. The van der Waals surface area contributed by atoms with Crippen LogP contribution in [0.15, 0.2) is 60.8 Å². The lowest BCUT2D eigenvalue weighted by Gasteiger charge is -2.22. The molecule has 3 N–H and O–H groups in total. The molecule has 0 radical (unpaired) electrons. The Morgan fingerprint density at radius 1 is 0.610 bits per heavy atom. The smallest absolute Gasteiger partial charge is 0.220 e. The van der Waals surface area contributed by atoms with Crippen LogP contribution in [0.1, 0.15) is 149 Å². The molecular formula is C37H65NO3. The van der Waals surface area contributed by atoms with Gasteiger partial charge in [0.15, 0.2) is 0 Å². The molecule has 0 aromatic carbocycles. The standard InChI is InChI=1S/C37H65NO3/c1-3-5-7-9-11-12-13-14-15-16-17-18-19-20-21-22-23-24-25-26-27-29-31-33-37(41)38-35(34-39)36(40)32-30-28-10-8-6-4-2/h5,7,11-12,14-15,17-18,20-21,35-36,39-40H,3-4,6,8-10,13,16,19,22-34H2,1-2H3,(H,38,41)/b7-5-,12-11-,15-14-,18-17-,21-20-. The van der Waals surface area contributed by atoms with Crippen molar-refractivity contribution in [2.75, 3.05) is 6.61 Å². The molecule has 0 saturated heterocycles. The molecule has 1 amide bonds. The van der Waals surface area contributed by atoms with Crippen LogP contribution in [0, 0.1) is 0 Å². The van der Waals surface area contributed by atoms with Crippen molar-refractivity contribution in [1.29, 1.82) is 0 Å². The highest BCUT2D eigenvalue weighted by Crippen LogP contribution is 2.12. The van der Waals surface area contributed by atoms with Crippen molar-refractivity contribution < 1.29 is 15.0 Å². The summed E-state index contributed by atoms with van der Waals surface area (Å²) in [5, 5.41) is 22.8. The van der Waals surface area contributed by atoms with Crippen LogP contribution in [0.2, 0.25) is 0 Å². The van der Waals surface area contributed by atoms with E-state index in [9.17, 15) is 15.0 Å². The Labute approximate surface area is 254 Å². The first-order valence-corrected chi connectivity index (χ1v) is 17.0. The molecule has 0 rings (SSSR count). The van der Waals surface area contributed by atoms with E-state index in [-0.39, 0.29) is 12.5 Å². The second-order valence-electron chi connectivity index (χ2n) is 11.2. The number of hydrogen-bond donors (Lipinski definition) is 3. The van der Waals surface area contributed by atoms with Gasteiger partial charge >= 0.3 is 0 Å². The SMILES string of the molecule is CC/C=C\C/C=C\C/C=C\C/C=C\C/C=C\CCCCCCCCCC(=O)NC(CO)C(O)CCCCCCCC. The molecule has 4 heteroatoms. The third-order valence-corrected chi connectivity index (χ3v) is 7.29. The molecule has 0 fully saturated rings. The summed E-state index contributed by atoms with van der Waals surface area (Å²) in [7, 11) is 0. The molecule has 0 aromatic heterocycles. The van der Waals surface area contributed by atoms with Gasteiger partial charge in [0.2, 0.25) is 5.91 Å². The van der Waals surface area contributed by atoms with Gasteiger partial charge in [-0.25, -0.2) is 0 Å². The predicted molar refractivity (Wildman–Crippen MR) is 179 cm³/mol. The van der Waals surface area contributed by atoms with E-state index in [0.717, 1.165) is 64.2 Å². The third kappa shape index (κ3) is 29.4. The Morgan fingerprint density at radius 2 is 1.07 bits per heavy atom. The number of hydrogen-bond acceptors (Lipinski definition) is 3. The molecule has 0 bridgehead atoms. The summed E-state index contributed by atoms with van der Waals surface area (Å²) in [5.41, 5.74) is 0. The van der Waals surface area contributed by atoms with Crippen LogP contribution in [0.4, 0.5) is 0 Å². The summed E-state index contributed by atoms with van der Waals surface area (Å²) >= 11 is 0. The first-order valence-electron chi connectivity index (χ1n) is 17.0.